The Hall–Kier alpha value is -3.22. The van der Waals surface area contributed by atoms with Gasteiger partial charge in [-0.2, -0.15) is 0 Å². The number of hydrogen-bond donors (Lipinski definition) is 1. The third-order valence-corrected chi connectivity index (χ3v) is 6.67. The number of imidazole rings is 1. The molecule has 2 aliphatic heterocycles. The van der Waals surface area contributed by atoms with Crippen molar-refractivity contribution in [3.05, 3.63) is 59.5 Å². The number of aromatic amines is 1. The van der Waals surface area contributed by atoms with Crippen LogP contribution in [0, 0.1) is 12.8 Å². The molecule has 2 amide bonds. The average molecular weight is 418 g/mol. The van der Waals surface area contributed by atoms with Crippen molar-refractivity contribution in [2.45, 2.75) is 32.1 Å². The van der Waals surface area contributed by atoms with Crippen molar-refractivity contribution in [2.75, 3.05) is 26.2 Å². The summed E-state index contributed by atoms with van der Waals surface area (Å²) in [5, 5.41) is 0. The number of piperidine rings is 1. The van der Waals surface area contributed by atoms with Crippen LogP contribution in [0.2, 0.25) is 0 Å². The van der Waals surface area contributed by atoms with Crippen molar-refractivity contribution in [3.63, 3.8) is 0 Å². The van der Waals surface area contributed by atoms with Crippen molar-refractivity contribution in [1.29, 1.82) is 0 Å². The summed E-state index contributed by atoms with van der Waals surface area (Å²) in [7, 11) is 0. The highest BCUT2D eigenvalue weighted by molar-refractivity contribution is 5.96. The lowest BCUT2D eigenvalue weighted by atomic mass is 9.95. The molecule has 0 spiro atoms. The van der Waals surface area contributed by atoms with E-state index in [0.29, 0.717) is 19.0 Å². The summed E-state index contributed by atoms with van der Waals surface area (Å²) < 4.78 is 0. The van der Waals surface area contributed by atoms with Crippen LogP contribution in [0.25, 0.3) is 11.2 Å². The number of benzene rings is 1. The number of likely N-dealkylation sites (tertiary alicyclic amines) is 2. The van der Waals surface area contributed by atoms with Gasteiger partial charge in [0.15, 0.2) is 5.65 Å². The van der Waals surface area contributed by atoms with E-state index < -0.39 is 0 Å². The molecule has 31 heavy (non-hydrogen) atoms. The first-order chi connectivity index (χ1) is 15.1. The van der Waals surface area contributed by atoms with Crippen molar-refractivity contribution in [2.24, 2.45) is 5.92 Å². The Morgan fingerprint density at radius 2 is 1.77 bits per heavy atom. The maximum Gasteiger partial charge on any atom is 0.254 e. The molecule has 5 rings (SSSR count). The summed E-state index contributed by atoms with van der Waals surface area (Å²) in [5.74, 6) is 1.41. The van der Waals surface area contributed by atoms with Gasteiger partial charge < -0.3 is 14.8 Å². The Morgan fingerprint density at radius 1 is 1.00 bits per heavy atom. The van der Waals surface area contributed by atoms with Crippen LogP contribution in [-0.2, 0) is 4.79 Å². The second kappa shape index (κ2) is 8.13. The molecule has 2 aromatic heterocycles. The first kappa shape index (κ1) is 19.7. The van der Waals surface area contributed by atoms with E-state index in [9.17, 15) is 9.59 Å². The van der Waals surface area contributed by atoms with Gasteiger partial charge in [-0.3, -0.25) is 9.59 Å². The number of nitrogens with zero attached hydrogens (tertiary/aromatic N) is 4. The number of rotatable bonds is 3. The van der Waals surface area contributed by atoms with Crippen LogP contribution < -0.4 is 0 Å². The van der Waals surface area contributed by atoms with Gasteiger partial charge in [-0.15, -0.1) is 0 Å². The van der Waals surface area contributed by atoms with E-state index in [1.807, 2.05) is 53.1 Å². The Bertz CT molecular complexity index is 1080. The quantitative estimate of drug-likeness (QED) is 0.710. The third kappa shape index (κ3) is 3.80. The maximum atomic E-state index is 13.1. The Kier molecular flexibility index (Phi) is 5.18. The van der Waals surface area contributed by atoms with Crippen LogP contribution in [-0.4, -0.2) is 62.7 Å². The molecule has 2 saturated heterocycles. The van der Waals surface area contributed by atoms with E-state index in [0.717, 1.165) is 60.5 Å². The number of carbonyl (C=O) groups is 2. The van der Waals surface area contributed by atoms with Crippen LogP contribution in [0.1, 0.15) is 46.9 Å². The number of pyridine rings is 1. The van der Waals surface area contributed by atoms with Gasteiger partial charge in [0.2, 0.25) is 5.91 Å². The van der Waals surface area contributed by atoms with Crippen LogP contribution in [0.5, 0.6) is 0 Å². The minimum absolute atomic E-state index is 0.0330. The van der Waals surface area contributed by atoms with Crippen LogP contribution in [0.15, 0.2) is 42.6 Å². The Balaban J connectivity index is 1.18. The van der Waals surface area contributed by atoms with Crippen molar-refractivity contribution < 1.29 is 9.59 Å². The van der Waals surface area contributed by atoms with Crippen molar-refractivity contribution >= 4 is 23.0 Å². The lowest BCUT2D eigenvalue weighted by Gasteiger charge is -2.32. The monoisotopic (exact) mass is 417 g/mol. The first-order valence-electron chi connectivity index (χ1n) is 11.0. The third-order valence-electron chi connectivity index (χ3n) is 6.67. The van der Waals surface area contributed by atoms with E-state index in [2.05, 4.69) is 15.0 Å². The Morgan fingerprint density at radius 3 is 2.55 bits per heavy atom. The van der Waals surface area contributed by atoms with E-state index in [1.54, 1.807) is 6.20 Å². The Labute approximate surface area is 181 Å². The van der Waals surface area contributed by atoms with E-state index in [1.165, 1.54) is 0 Å². The van der Waals surface area contributed by atoms with Gasteiger partial charge in [-0.05, 0) is 49.9 Å². The molecule has 4 heterocycles. The molecule has 1 unspecified atom stereocenters. The molecule has 1 N–H and O–H groups in total. The second-order valence-corrected chi connectivity index (χ2v) is 8.65. The molecule has 2 aliphatic rings. The summed E-state index contributed by atoms with van der Waals surface area (Å²) in [6.45, 7) is 4.58. The highest BCUT2D eigenvalue weighted by atomic mass is 16.2. The maximum absolute atomic E-state index is 13.1. The molecule has 0 saturated carbocycles. The molecule has 0 aliphatic carbocycles. The second-order valence-electron chi connectivity index (χ2n) is 8.65. The molecule has 0 bridgehead atoms. The summed E-state index contributed by atoms with van der Waals surface area (Å²) in [6.07, 6.45) is 4.28. The molecule has 2 fully saturated rings. The number of fused-ring (bicyclic) bond motifs is 1. The minimum atomic E-state index is -0.0973. The zero-order valence-electron chi connectivity index (χ0n) is 17.8. The highest BCUT2D eigenvalue weighted by Gasteiger charge is 2.35. The predicted octanol–water partition coefficient (Wildman–Crippen LogP) is 3.13. The minimum Gasteiger partial charge on any atom is -0.342 e. The standard InChI is InChI=1S/C24H27N5O2/c1-16-5-2-3-6-19(16)24(31)29-14-10-18(15-29)23(30)28-12-8-17(9-13-28)21-26-20-7-4-11-25-22(20)27-21/h2-7,11,17-18H,8-10,12-15H2,1H3,(H,25,26,27). The van der Waals surface area contributed by atoms with Crippen molar-refractivity contribution in [3.8, 4) is 0 Å². The van der Waals surface area contributed by atoms with Gasteiger partial charge in [-0.1, -0.05) is 18.2 Å². The number of aryl methyl sites for hydroxylation is 1. The number of aromatic nitrogens is 3. The van der Waals surface area contributed by atoms with Gasteiger partial charge in [0.25, 0.3) is 5.91 Å². The van der Waals surface area contributed by atoms with Gasteiger partial charge in [-0.25, -0.2) is 9.97 Å². The zero-order chi connectivity index (χ0) is 21.4. The lowest BCUT2D eigenvalue weighted by Crippen LogP contribution is -2.42. The first-order valence-corrected chi connectivity index (χ1v) is 11.0. The highest BCUT2D eigenvalue weighted by Crippen LogP contribution is 2.29. The molecule has 0 radical (unpaired) electrons. The number of hydrogen-bond acceptors (Lipinski definition) is 4. The van der Waals surface area contributed by atoms with E-state index >= 15 is 0 Å². The van der Waals surface area contributed by atoms with E-state index in [-0.39, 0.29) is 17.7 Å². The predicted molar refractivity (Wildman–Crippen MR) is 118 cm³/mol. The SMILES string of the molecule is Cc1ccccc1C(=O)N1CCC(C(=O)N2CCC(c3nc4ncccc4[nH]3)CC2)C1. The van der Waals surface area contributed by atoms with Crippen molar-refractivity contribution in [1.82, 2.24) is 24.8 Å². The molecule has 160 valence electrons. The van der Waals surface area contributed by atoms with Crippen LogP contribution >= 0.6 is 0 Å². The summed E-state index contributed by atoms with van der Waals surface area (Å²) in [5.41, 5.74) is 3.42. The fourth-order valence-electron chi connectivity index (χ4n) is 4.82. The molecule has 7 heteroatoms. The average Bonchev–Trinajstić information content (AvgIpc) is 3.46. The van der Waals surface area contributed by atoms with Gasteiger partial charge in [0.05, 0.1) is 11.4 Å². The molecular formula is C24H27N5O2. The van der Waals surface area contributed by atoms with Crippen LogP contribution in [0.3, 0.4) is 0 Å². The summed E-state index contributed by atoms with van der Waals surface area (Å²) in [6, 6.07) is 11.5. The van der Waals surface area contributed by atoms with Gasteiger partial charge >= 0.3 is 0 Å². The molecule has 1 atom stereocenters. The zero-order valence-corrected chi connectivity index (χ0v) is 17.8. The number of H-pyrrole nitrogens is 1. The normalized spacial score (nSPS) is 19.8. The lowest BCUT2D eigenvalue weighted by molar-refractivity contribution is -0.136. The van der Waals surface area contributed by atoms with Gasteiger partial charge in [0.1, 0.15) is 5.82 Å². The fourth-order valence-corrected chi connectivity index (χ4v) is 4.82. The molecular weight excluding hydrogens is 390 g/mol. The molecule has 7 nitrogen and oxygen atoms in total. The number of amides is 2. The summed E-state index contributed by atoms with van der Waals surface area (Å²) in [4.78, 5) is 42.1. The topological polar surface area (TPSA) is 82.2 Å². The van der Waals surface area contributed by atoms with Crippen LogP contribution in [0.4, 0.5) is 0 Å². The smallest absolute Gasteiger partial charge is 0.254 e. The van der Waals surface area contributed by atoms with E-state index in [4.69, 9.17) is 0 Å². The fraction of sp³-hybridized carbons (Fsp3) is 0.417. The largest absolute Gasteiger partial charge is 0.342 e. The van der Waals surface area contributed by atoms with Gasteiger partial charge in [0, 0.05) is 43.9 Å². The number of nitrogens with one attached hydrogen (secondary N) is 1. The molecule has 3 aromatic rings. The summed E-state index contributed by atoms with van der Waals surface area (Å²) >= 11 is 0. The molecule has 1 aromatic carbocycles. The number of carbonyl (C=O) groups excluding carboxylic acids is 2.